The Labute approximate surface area is 103 Å². The summed E-state index contributed by atoms with van der Waals surface area (Å²) in [7, 11) is 0. The minimum Gasteiger partial charge on any atom is -0.314 e. The summed E-state index contributed by atoms with van der Waals surface area (Å²) >= 11 is 1.76. The first-order valence-electron chi connectivity index (χ1n) is 6.13. The van der Waals surface area contributed by atoms with Gasteiger partial charge in [-0.1, -0.05) is 27.7 Å². The van der Waals surface area contributed by atoms with Crippen LogP contribution in [0.1, 0.15) is 45.5 Å². The van der Waals surface area contributed by atoms with E-state index in [1.165, 1.54) is 17.8 Å². The molecule has 92 valence electrons. The van der Waals surface area contributed by atoms with Crippen LogP contribution in [0.15, 0.2) is 11.6 Å². The average Bonchev–Trinajstić information content (AvgIpc) is 2.64. The minimum absolute atomic E-state index is 0.378. The minimum atomic E-state index is 0.378. The van der Waals surface area contributed by atoms with Gasteiger partial charge in [-0.05, 0) is 24.8 Å². The molecule has 3 heteroatoms. The second-order valence-corrected chi connectivity index (χ2v) is 6.52. The van der Waals surface area contributed by atoms with Crippen molar-refractivity contribution in [2.24, 2.45) is 5.41 Å². The summed E-state index contributed by atoms with van der Waals surface area (Å²) in [6.07, 6.45) is 5.36. The van der Waals surface area contributed by atoms with Crippen molar-refractivity contribution < 1.29 is 0 Å². The standard InChI is InChI=1S/C13H24N2S/c1-5-6-14-11(10-13(2,3)4)9-12-15-7-8-16-12/h7-8,11,14H,5-6,9-10H2,1-4H3. The van der Waals surface area contributed by atoms with Crippen LogP contribution in [0.25, 0.3) is 0 Å². The van der Waals surface area contributed by atoms with E-state index in [1.807, 2.05) is 6.20 Å². The Morgan fingerprint density at radius 1 is 1.44 bits per heavy atom. The van der Waals surface area contributed by atoms with Gasteiger partial charge in [-0.3, -0.25) is 0 Å². The Balaban J connectivity index is 2.50. The summed E-state index contributed by atoms with van der Waals surface area (Å²) < 4.78 is 0. The molecule has 0 aromatic carbocycles. The van der Waals surface area contributed by atoms with Gasteiger partial charge in [-0.25, -0.2) is 4.98 Å². The third-order valence-electron chi connectivity index (χ3n) is 2.45. The summed E-state index contributed by atoms with van der Waals surface area (Å²) in [5.74, 6) is 0. The van der Waals surface area contributed by atoms with Gasteiger partial charge in [0.25, 0.3) is 0 Å². The summed E-state index contributed by atoms with van der Waals surface area (Å²) in [5.41, 5.74) is 0.378. The van der Waals surface area contributed by atoms with E-state index in [2.05, 4.69) is 43.4 Å². The number of hydrogen-bond donors (Lipinski definition) is 1. The van der Waals surface area contributed by atoms with Crippen LogP contribution in [0.3, 0.4) is 0 Å². The second kappa shape index (κ2) is 6.36. The molecule has 1 unspecified atom stereocenters. The lowest BCUT2D eigenvalue weighted by atomic mass is 9.87. The fraction of sp³-hybridized carbons (Fsp3) is 0.769. The van der Waals surface area contributed by atoms with Crippen LogP contribution >= 0.6 is 11.3 Å². The van der Waals surface area contributed by atoms with E-state index in [0.717, 1.165) is 13.0 Å². The molecule has 0 saturated heterocycles. The lowest BCUT2D eigenvalue weighted by molar-refractivity contribution is 0.306. The van der Waals surface area contributed by atoms with Gasteiger partial charge in [0.15, 0.2) is 0 Å². The maximum atomic E-state index is 4.37. The average molecular weight is 240 g/mol. The number of thiazole rings is 1. The number of nitrogens with zero attached hydrogens (tertiary/aromatic N) is 1. The molecule has 0 aliphatic carbocycles. The van der Waals surface area contributed by atoms with Gasteiger partial charge >= 0.3 is 0 Å². The first-order chi connectivity index (χ1) is 7.51. The van der Waals surface area contributed by atoms with Crippen LogP contribution in [0.5, 0.6) is 0 Å². The van der Waals surface area contributed by atoms with Gasteiger partial charge in [0.05, 0.1) is 5.01 Å². The van der Waals surface area contributed by atoms with Crippen LogP contribution in [-0.2, 0) is 6.42 Å². The third kappa shape index (κ3) is 5.61. The Bertz CT molecular complexity index is 275. The maximum absolute atomic E-state index is 4.37. The van der Waals surface area contributed by atoms with Crippen LogP contribution in [0.2, 0.25) is 0 Å². The summed E-state index contributed by atoms with van der Waals surface area (Å²) in [6, 6.07) is 0.561. The van der Waals surface area contributed by atoms with Crippen LogP contribution in [-0.4, -0.2) is 17.6 Å². The van der Waals surface area contributed by atoms with Crippen molar-refractivity contribution in [1.82, 2.24) is 10.3 Å². The molecule has 1 rings (SSSR count). The van der Waals surface area contributed by atoms with E-state index < -0.39 is 0 Å². The summed E-state index contributed by atoms with van der Waals surface area (Å²) in [5, 5.41) is 6.94. The number of nitrogens with one attached hydrogen (secondary N) is 1. The Morgan fingerprint density at radius 2 is 2.19 bits per heavy atom. The van der Waals surface area contributed by atoms with Crippen molar-refractivity contribution >= 4 is 11.3 Å². The van der Waals surface area contributed by atoms with E-state index in [9.17, 15) is 0 Å². The largest absolute Gasteiger partial charge is 0.314 e. The van der Waals surface area contributed by atoms with Crippen molar-refractivity contribution in [3.8, 4) is 0 Å². The number of hydrogen-bond acceptors (Lipinski definition) is 3. The zero-order chi connectivity index (χ0) is 12.0. The van der Waals surface area contributed by atoms with Crippen molar-refractivity contribution in [2.45, 2.75) is 53.0 Å². The molecule has 1 aromatic rings. The molecule has 1 atom stereocenters. The van der Waals surface area contributed by atoms with Crippen LogP contribution in [0.4, 0.5) is 0 Å². The molecule has 0 aliphatic heterocycles. The monoisotopic (exact) mass is 240 g/mol. The van der Waals surface area contributed by atoms with Gasteiger partial charge in [-0.2, -0.15) is 0 Å². The molecule has 2 nitrogen and oxygen atoms in total. The molecule has 0 saturated carbocycles. The first-order valence-corrected chi connectivity index (χ1v) is 7.01. The lowest BCUT2D eigenvalue weighted by Gasteiger charge is -2.26. The number of rotatable bonds is 6. The quantitative estimate of drug-likeness (QED) is 0.823. The normalized spacial score (nSPS) is 14.0. The number of aromatic nitrogens is 1. The molecule has 0 amide bonds. The fourth-order valence-corrected chi connectivity index (χ4v) is 2.57. The van der Waals surface area contributed by atoms with E-state index >= 15 is 0 Å². The zero-order valence-corrected chi connectivity index (χ0v) is 11.7. The molecule has 16 heavy (non-hydrogen) atoms. The van der Waals surface area contributed by atoms with Crippen molar-refractivity contribution in [1.29, 1.82) is 0 Å². The molecule has 0 spiro atoms. The predicted molar refractivity (Wildman–Crippen MR) is 72.0 cm³/mol. The van der Waals surface area contributed by atoms with Gasteiger partial charge in [-0.15, -0.1) is 11.3 Å². The lowest BCUT2D eigenvalue weighted by Crippen LogP contribution is -2.35. The fourth-order valence-electron chi connectivity index (χ4n) is 1.87. The second-order valence-electron chi connectivity index (χ2n) is 5.55. The highest BCUT2D eigenvalue weighted by molar-refractivity contribution is 7.09. The molecule has 0 bridgehead atoms. The predicted octanol–water partition coefficient (Wildman–Crippen LogP) is 3.49. The SMILES string of the molecule is CCCNC(Cc1nccs1)CC(C)(C)C. The van der Waals surface area contributed by atoms with Crippen molar-refractivity contribution in [3.63, 3.8) is 0 Å². The Hall–Kier alpha value is -0.410. The summed E-state index contributed by atoms with van der Waals surface area (Å²) in [4.78, 5) is 4.37. The van der Waals surface area contributed by atoms with Crippen molar-refractivity contribution in [2.75, 3.05) is 6.54 Å². The molecule has 0 aliphatic rings. The maximum Gasteiger partial charge on any atom is 0.0940 e. The molecular weight excluding hydrogens is 216 g/mol. The van der Waals surface area contributed by atoms with Crippen LogP contribution in [0, 0.1) is 5.41 Å². The smallest absolute Gasteiger partial charge is 0.0940 e. The Morgan fingerprint density at radius 3 is 2.69 bits per heavy atom. The van der Waals surface area contributed by atoms with Gasteiger partial charge in [0, 0.05) is 24.0 Å². The Kier molecular flexibility index (Phi) is 5.42. The molecule has 1 N–H and O–H groups in total. The van der Waals surface area contributed by atoms with Crippen molar-refractivity contribution in [3.05, 3.63) is 16.6 Å². The van der Waals surface area contributed by atoms with Gasteiger partial charge in [0.2, 0.25) is 0 Å². The van der Waals surface area contributed by atoms with E-state index in [4.69, 9.17) is 0 Å². The van der Waals surface area contributed by atoms with E-state index in [1.54, 1.807) is 11.3 Å². The van der Waals surface area contributed by atoms with Crippen LogP contribution < -0.4 is 5.32 Å². The highest BCUT2D eigenvalue weighted by Crippen LogP contribution is 2.23. The summed E-state index contributed by atoms with van der Waals surface area (Å²) in [6.45, 7) is 10.2. The molecule has 0 fully saturated rings. The molecular formula is C13H24N2S. The van der Waals surface area contributed by atoms with Gasteiger partial charge in [0.1, 0.15) is 0 Å². The highest BCUT2D eigenvalue weighted by Gasteiger charge is 2.19. The topological polar surface area (TPSA) is 24.9 Å². The van der Waals surface area contributed by atoms with E-state index in [-0.39, 0.29) is 0 Å². The first kappa shape index (κ1) is 13.7. The molecule has 0 radical (unpaired) electrons. The van der Waals surface area contributed by atoms with Gasteiger partial charge < -0.3 is 5.32 Å². The zero-order valence-electron chi connectivity index (χ0n) is 10.9. The molecule has 1 aromatic heterocycles. The molecule has 1 heterocycles. The third-order valence-corrected chi connectivity index (χ3v) is 3.25. The van der Waals surface area contributed by atoms with E-state index in [0.29, 0.717) is 11.5 Å². The highest BCUT2D eigenvalue weighted by atomic mass is 32.1.